The Bertz CT molecular complexity index is 617. The van der Waals surface area contributed by atoms with Gasteiger partial charge in [0, 0.05) is 12.3 Å². The van der Waals surface area contributed by atoms with Gasteiger partial charge in [-0.3, -0.25) is 4.79 Å². The lowest BCUT2D eigenvalue weighted by atomic mass is 10.2. The highest BCUT2D eigenvalue weighted by atomic mass is 35.5. The van der Waals surface area contributed by atoms with Crippen LogP contribution in [0.3, 0.4) is 0 Å². The maximum Gasteiger partial charge on any atom is 0.275 e. The lowest BCUT2D eigenvalue weighted by molar-refractivity contribution is 0.102. The molecule has 2 aromatic heterocycles. The molecule has 0 bridgehead atoms. The zero-order valence-corrected chi connectivity index (χ0v) is 12.5. The van der Waals surface area contributed by atoms with Crippen LogP contribution in [0.25, 0.3) is 0 Å². The van der Waals surface area contributed by atoms with E-state index in [9.17, 15) is 4.79 Å². The Morgan fingerprint density at radius 1 is 1.33 bits per heavy atom. The summed E-state index contributed by atoms with van der Waals surface area (Å²) in [6.45, 7) is 4.70. The van der Waals surface area contributed by atoms with E-state index in [-0.39, 0.29) is 10.7 Å². The number of halogens is 1. The maximum absolute atomic E-state index is 12.0. The third-order valence-electron chi connectivity index (χ3n) is 2.44. The number of ether oxygens (including phenoxy) is 1. The van der Waals surface area contributed by atoms with E-state index in [0.717, 1.165) is 0 Å². The molecule has 0 aliphatic heterocycles. The molecular weight excluding hydrogens is 292 g/mol. The molecule has 0 saturated carbocycles. The Kier molecular flexibility index (Phi) is 5.05. The minimum atomic E-state index is -0.417. The predicted molar refractivity (Wildman–Crippen MR) is 79.6 cm³/mol. The van der Waals surface area contributed by atoms with Crippen LogP contribution >= 0.6 is 11.6 Å². The van der Waals surface area contributed by atoms with Gasteiger partial charge < -0.3 is 10.1 Å². The molecule has 0 aromatic carbocycles. The quantitative estimate of drug-likeness (QED) is 0.919. The highest BCUT2D eigenvalue weighted by Crippen LogP contribution is 2.15. The molecule has 2 rings (SSSR count). The molecule has 6 nitrogen and oxygen atoms in total. The van der Waals surface area contributed by atoms with Crippen molar-refractivity contribution in [3.8, 4) is 5.88 Å². The van der Waals surface area contributed by atoms with Crippen molar-refractivity contribution in [3.05, 3.63) is 41.6 Å². The molecule has 1 N–H and O–H groups in total. The fourth-order valence-corrected chi connectivity index (χ4v) is 1.65. The summed E-state index contributed by atoms with van der Waals surface area (Å²) in [6, 6.07) is 3.40. The van der Waals surface area contributed by atoms with E-state index in [0.29, 0.717) is 24.1 Å². The first-order valence-corrected chi connectivity index (χ1v) is 6.79. The number of carbonyl (C=O) groups excluding carboxylic acids is 1. The van der Waals surface area contributed by atoms with Gasteiger partial charge in [0.1, 0.15) is 12.0 Å². The van der Waals surface area contributed by atoms with Gasteiger partial charge in [0.15, 0.2) is 0 Å². The van der Waals surface area contributed by atoms with Gasteiger partial charge in [-0.05, 0) is 12.0 Å². The predicted octanol–water partition coefficient (Wildman–Crippen LogP) is 2.81. The maximum atomic E-state index is 12.0. The van der Waals surface area contributed by atoms with Crippen molar-refractivity contribution in [3.63, 3.8) is 0 Å². The average molecular weight is 307 g/mol. The summed E-state index contributed by atoms with van der Waals surface area (Å²) in [5, 5.41) is 2.85. The normalized spacial score (nSPS) is 10.5. The summed E-state index contributed by atoms with van der Waals surface area (Å²) in [5.74, 6) is 0.521. The van der Waals surface area contributed by atoms with Crippen molar-refractivity contribution in [2.24, 2.45) is 5.92 Å². The van der Waals surface area contributed by atoms with Crippen molar-refractivity contribution in [2.75, 3.05) is 11.9 Å². The van der Waals surface area contributed by atoms with Crippen LogP contribution in [0.5, 0.6) is 5.88 Å². The average Bonchev–Trinajstić information content (AvgIpc) is 2.47. The molecule has 0 aliphatic carbocycles. The summed E-state index contributed by atoms with van der Waals surface area (Å²) >= 11 is 5.86. The van der Waals surface area contributed by atoms with Gasteiger partial charge >= 0.3 is 0 Å². The number of nitrogens with zero attached hydrogens (tertiary/aromatic N) is 3. The zero-order chi connectivity index (χ0) is 15.2. The highest BCUT2D eigenvalue weighted by Gasteiger charge is 2.12. The van der Waals surface area contributed by atoms with Gasteiger partial charge in [-0.25, -0.2) is 15.0 Å². The second-order valence-corrected chi connectivity index (χ2v) is 5.17. The number of anilines is 1. The first-order valence-electron chi connectivity index (χ1n) is 6.42. The minimum absolute atomic E-state index is 0.117. The lowest BCUT2D eigenvalue weighted by Crippen LogP contribution is -2.14. The molecule has 0 unspecified atom stereocenters. The first kappa shape index (κ1) is 15.2. The van der Waals surface area contributed by atoms with E-state index in [4.69, 9.17) is 16.3 Å². The van der Waals surface area contributed by atoms with Gasteiger partial charge in [-0.2, -0.15) is 0 Å². The third-order valence-corrected chi connectivity index (χ3v) is 2.72. The smallest absolute Gasteiger partial charge is 0.275 e. The first-order chi connectivity index (χ1) is 10.1. The SMILES string of the molecule is CC(C)COc1ccc(NC(=O)c2ncncc2Cl)cn1. The molecule has 7 heteroatoms. The Hall–Kier alpha value is -2.21. The summed E-state index contributed by atoms with van der Waals surface area (Å²) in [7, 11) is 0. The van der Waals surface area contributed by atoms with E-state index < -0.39 is 5.91 Å². The molecule has 0 fully saturated rings. The summed E-state index contributed by atoms with van der Waals surface area (Å²) in [4.78, 5) is 23.7. The van der Waals surface area contributed by atoms with E-state index in [1.165, 1.54) is 18.7 Å². The molecule has 0 aliphatic rings. The third kappa shape index (κ3) is 4.39. The van der Waals surface area contributed by atoms with Crippen molar-refractivity contribution in [2.45, 2.75) is 13.8 Å². The van der Waals surface area contributed by atoms with Gasteiger partial charge in [-0.1, -0.05) is 25.4 Å². The Morgan fingerprint density at radius 3 is 2.76 bits per heavy atom. The lowest BCUT2D eigenvalue weighted by Gasteiger charge is -2.09. The molecule has 110 valence electrons. The fourth-order valence-electron chi connectivity index (χ4n) is 1.46. The molecule has 0 atom stereocenters. The van der Waals surface area contributed by atoms with Gasteiger partial charge in [-0.15, -0.1) is 0 Å². The number of hydrogen-bond donors (Lipinski definition) is 1. The highest BCUT2D eigenvalue weighted by molar-refractivity contribution is 6.33. The van der Waals surface area contributed by atoms with E-state index in [1.54, 1.807) is 12.1 Å². The number of pyridine rings is 1. The Labute approximate surface area is 127 Å². The molecule has 21 heavy (non-hydrogen) atoms. The van der Waals surface area contributed by atoms with Gasteiger partial charge in [0.2, 0.25) is 5.88 Å². The van der Waals surface area contributed by atoms with Crippen LogP contribution in [0, 0.1) is 5.92 Å². The number of carbonyl (C=O) groups is 1. The zero-order valence-electron chi connectivity index (χ0n) is 11.7. The van der Waals surface area contributed by atoms with Crippen LogP contribution in [0.15, 0.2) is 30.9 Å². The molecule has 1 amide bonds. The van der Waals surface area contributed by atoms with E-state index in [1.807, 2.05) is 0 Å². The molecule has 0 spiro atoms. The summed E-state index contributed by atoms with van der Waals surface area (Å²) < 4.78 is 5.47. The molecule has 0 saturated heterocycles. The van der Waals surface area contributed by atoms with Crippen LogP contribution in [0.2, 0.25) is 5.02 Å². The van der Waals surface area contributed by atoms with E-state index in [2.05, 4.69) is 34.1 Å². The summed E-state index contributed by atoms with van der Waals surface area (Å²) in [6.07, 6.45) is 4.15. The van der Waals surface area contributed by atoms with Crippen LogP contribution in [0.4, 0.5) is 5.69 Å². The van der Waals surface area contributed by atoms with Crippen molar-refractivity contribution < 1.29 is 9.53 Å². The number of nitrogens with one attached hydrogen (secondary N) is 1. The number of rotatable bonds is 5. The molecule has 0 radical (unpaired) electrons. The largest absolute Gasteiger partial charge is 0.477 e. The molecule has 2 aromatic rings. The number of aromatic nitrogens is 3. The second kappa shape index (κ2) is 6.99. The van der Waals surface area contributed by atoms with Crippen LogP contribution in [0.1, 0.15) is 24.3 Å². The molecule has 2 heterocycles. The van der Waals surface area contributed by atoms with E-state index >= 15 is 0 Å². The second-order valence-electron chi connectivity index (χ2n) is 4.76. The van der Waals surface area contributed by atoms with Crippen LogP contribution in [-0.4, -0.2) is 27.5 Å². The number of amides is 1. The number of hydrogen-bond acceptors (Lipinski definition) is 5. The minimum Gasteiger partial charge on any atom is -0.477 e. The van der Waals surface area contributed by atoms with Gasteiger partial charge in [0.05, 0.1) is 23.5 Å². The summed E-state index contributed by atoms with van der Waals surface area (Å²) in [5.41, 5.74) is 0.651. The van der Waals surface area contributed by atoms with Gasteiger partial charge in [0.25, 0.3) is 5.91 Å². The standard InChI is InChI=1S/C14H15ClN4O2/c1-9(2)7-21-12-4-3-10(5-17-12)19-14(20)13-11(15)6-16-8-18-13/h3-6,8-9H,7H2,1-2H3,(H,19,20). The monoisotopic (exact) mass is 306 g/mol. The van der Waals surface area contributed by atoms with Crippen molar-refractivity contribution >= 4 is 23.2 Å². The Morgan fingerprint density at radius 2 is 2.14 bits per heavy atom. The molecular formula is C14H15ClN4O2. The Balaban J connectivity index is 2.00. The van der Waals surface area contributed by atoms with Crippen LogP contribution in [-0.2, 0) is 0 Å². The van der Waals surface area contributed by atoms with Crippen molar-refractivity contribution in [1.82, 2.24) is 15.0 Å². The topological polar surface area (TPSA) is 77.0 Å². The van der Waals surface area contributed by atoms with Crippen molar-refractivity contribution in [1.29, 1.82) is 0 Å². The van der Waals surface area contributed by atoms with Crippen LogP contribution < -0.4 is 10.1 Å². The fraction of sp³-hybridized carbons (Fsp3) is 0.286.